The quantitative estimate of drug-likeness (QED) is 0.635. The number of carbonyl (C=O) groups excluding carboxylic acids is 1. The first-order valence-electron chi connectivity index (χ1n) is 8.86. The van der Waals surface area contributed by atoms with Crippen LogP contribution in [0.5, 0.6) is 0 Å². The van der Waals surface area contributed by atoms with Crippen molar-refractivity contribution in [1.29, 1.82) is 0 Å². The number of fused-ring (bicyclic) bond motifs is 1. The summed E-state index contributed by atoms with van der Waals surface area (Å²) in [6.07, 6.45) is 1.75. The summed E-state index contributed by atoms with van der Waals surface area (Å²) in [7, 11) is 2.02. The highest BCUT2D eigenvalue weighted by Gasteiger charge is 2.34. The standard InChI is InChI=1S/C11H14N2O.C10H9Cl2N/c14-9-13-11(6-7-12-8-11)10-4-2-1-3-5-10;1-6-5-7-9(13(6)2)4-3-8(11)10(7)12/h1-5,9,12H,6-8H2,(H,13,14);3-5H,1-2H3. The number of aromatic nitrogens is 1. The number of carbonyl (C=O) groups is 1. The molecule has 0 aliphatic carbocycles. The Kier molecular flexibility index (Phi) is 6.10. The van der Waals surface area contributed by atoms with E-state index in [4.69, 9.17) is 23.2 Å². The highest BCUT2D eigenvalue weighted by Crippen LogP contribution is 2.32. The molecule has 0 bridgehead atoms. The lowest BCUT2D eigenvalue weighted by Crippen LogP contribution is -2.43. The number of aryl methyl sites for hydroxylation is 2. The Bertz CT molecular complexity index is 931. The summed E-state index contributed by atoms with van der Waals surface area (Å²) in [4.78, 5) is 10.6. The third kappa shape index (κ3) is 3.98. The van der Waals surface area contributed by atoms with Crippen LogP contribution in [-0.2, 0) is 17.4 Å². The summed E-state index contributed by atoms with van der Waals surface area (Å²) in [6, 6.07) is 16.0. The first-order valence-corrected chi connectivity index (χ1v) is 9.62. The number of halogens is 2. The molecule has 0 spiro atoms. The van der Waals surface area contributed by atoms with Gasteiger partial charge in [0.25, 0.3) is 0 Å². The number of benzene rings is 2. The zero-order valence-electron chi connectivity index (χ0n) is 15.4. The van der Waals surface area contributed by atoms with E-state index >= 15 is 0 Å². The van der Waals surface area contributed by atoms with Crippen LogP contribution >= 0.6 is 23.2 Å². The van der Waals surface area contributed by atoms with E-state index in [0.29, 0.717) is 10.0 Å². The van der Waals surface area contributed by atoms with Crippen molar-refractivity contribution in [3.63, 3.8) is 0 Å². The molecule has 1 aliphatic rings. The summed E-state index contributed by atoms with van der Waals surface area (Å²) in [5.41, 5.74) is 3.28. The van der Waals surface area contributed by atoms with Gasteiger partial charge in [0.05, 0.1) is 15.6 Å². The number of rotatable bonds is 3. The van der Waals surface area contributed by atoms with E-state index in [9.17, 15) is 4.79 Å². The van der Waals surface area contributed by atoms with Crippen LogP contribution in [-0.4, -0.2) is 24.1 Å². The number of hydrogen-bond acceptors (Lipinski definition) is 2. The maximum absolute atomic E-state index is 10.6. The Labute approximate surface area is 169 Å². The molecule has 1 amide bonds. The van der Waals surface area contributed by atoms with E-state index in [1.165, 1.54) is 11.3 Å². The van der Waals surface area contributed by atoms with Crippen LogP contribution in [0.2, 0.25) is 10.0 Å². The van der Waals surface area contributed by atoms with Gasteiger partial charge in [-0.15, -0.1) is 0 Å². The molecular formula is C21H23Cl2N3O. The van der Waals surface area contributed by atoms with Gasteiger partial charge in [0, 0.05) is 30.2 Å². The molecule has 1 aromatic heterocycles. The predicted molar refractivity (Wildman–Crippen MR) is 112 cm³/mol. The molecule has 2 heterocycles. The van der Waals surface area contributed by atoms with Crippen molar-refractivity contribution in [2.45, 2.75) is 18.9 Å². The first-order chi connectivity index (χ1) is 13.0. The Hall–Kier alpha value is -2.01. The molecule has 4 rings (SSSR count). The zero-order chi connectivity index (χ0) is 19.4. The summed E-state index contributed by atoms with van der Waals surface area (Å²) >= 11 is 12.0. The Morgan fingerprint density at radius 2 is 1.93 bits per heavy atom. The van der Waals surface area contributed by atoms with Crippen LogP contribution in [0.1, 0.15) is 17.7 Å². The molecule has 1 unspecified atom stereocenters. The van der Waals surface area contributed by atoms with Gasteiger partial charge in [0.15, 0.2) is 0 Å². The van der Waals surface area contributed by atoms with Crippen molar-refractivity contribution < 1.29 is 4.79 Å². The van der Waals surface area contributed by atoms with Gasteiger partial charge < -0.3 is 15.2 Å². The first kappa shape index (κ1) is 19.7. The topological polar surface area (TPSA) is 46.1 Å². The van der Waals surface area contributed by atoms with Gasteiger partial charge in [-0.2, -0.15) is 0 Å². The predicted octanol–water partition coefficient (Wildman–Crippen LogP) is 4.41. The fourth-order valence-corrected chi connectivity index (χ4v) is 3.88. The van der Waals surface area contributed by atoms with E-state index in [-0.39, 0.29) is 5.54 Å². The lowest BCUT2D eigenvalue weighted by molar-refractivity contribution is -0.111. The summed E-state index contributed by atoms with van der Waals surface area (Å²) in [5, 5.41) is 8.48. The Morgan fingerprint density at radius 1 is 1.19 bits per heavy atom. The third-order valence-electron chi connectivity index (χ3n) is 5.17. The van der Waals surface area contributed by atoms with E-state index in [0.717, 1.165) is 36.8 Å². The summed E-state index contributed by atoms with van der Waals surface area (Å²) < 4.78 is 2.09. The van der Waals surface area contributed by atoms with E-state index < -0.39 is 0 Å². The second-order valence-corrected chi connectivity index (χ2v) is 7.56. The monoisotopic (exact) mass is 403 g/mol. The maximum atomic E-state index is 10.6. The lowest BCUT2D eigenvalue weighted by Gasteiger charge is -2.28. The normalized spacial score (nSPS) is 18.8. The molecule has 6 heteroatoms. The number of hydrogen-bond donors (Lipinski definition) is 2. The molecular weight excluding hydrogens is 381 g/mol. The van der Waals surface area contributed by atoms with Crippen molar-refractivity contribution in [1.82, 2.24) is 15.2 Å². The molecule has 1 saturated heterocycles. The molecule has 4 nitrogen and oxygen atoms in total. The smallest absolute Gasteiger partial charge is 0.207 e. The third-order valence-corrected chi connectivity index (χ3v) is 5.99. The number of nitrogens with one attached hydrogen (secondary N) is 2. The molecule has 1 fully saturated rings. The fourth-order valence-electron chi connectivity index (χ4n) is 3.50. The second kappa shape index (κ2) is 8.34. The number of amides is 1. The molecule has 1 aliphatic heterocycles. The van der Waals surface area contributed by atoms with Gasteiger partial charge in [0.1, 0.15) is 0 Å². The molecule has 0 radical (unpaired) electrons. The van der Waals surface area contributed by atoms with Gasteiger partial charge >= 0.3 is 0 Å². The second-order valence-electron chi connectivity index (χ2n) is 6.78. The molecule has 142 valence electrons. The van der Waals surface area contributed by atoms with Crippen molar-refractivity contribution in [2.75, 3.05) is 13.1 Å². The summed E-state index contributed by atoms with van der Waals surface area (Å²) in [6.45, 7) is 3.82. The highest BCUT2D eigenvalue weighted by atomic mass is 35.5. The van der Waals surface area contributed by atoms with Gasteiger partial charge in [-0.3, -0.25) is 4.79 Å². The fraction of sp³-hybridized carbons (Fsp3) is 0.286. The molecule has 2 N–H and O–H groups in total. The average molecular weight is 404 g/mol. The zero-order valence-corrected chi connectivity index (χ0v) is 16.9. The molecule has 0 saturated carbocycles. The highest BCUT2D eigenvalue weighted by molar-refractivity contribution is 6.45. The minimum Gasteiger partial charge on any atom is -0.348 e. The summed E-state index contributed by atoms with van der Waals surface area (Å²) in [5.74, 6) is 0. The van der Waals surface area contributed by atoms with Gasteiger partial charge in [-0.25, -0.2) is 0 Å². The SMILES string of the molecule is Cc1cc2c(Cl)c(Cl)ccc2n1C.O=CNC1(c2ccccc2)CCNC1. The van der Waals surface area contributed by atoms with Crippen LogP contribution < -0.4 is 10.6 Å². The van der Waals surface area contributed by atoms with E-state index in [1.807, 2.05) is 50.4 Å². The molecule has 27 heavy (non-hydrogen) atoms. The Morgan fingerprint density at radius 3 is 2.56 bits per heavy atom. The van der Waals surface area contributed by atoms with Crippen molar-refractivity contribution in [3.05, 3.63) is 69.8 Å². The van der Waals surface area contributed by atoms with Crippen LogP contribution in [0.3, 0.4) is 0 Å². The minimum atomic E-state index is -0.191. The van der Waals surface area contributed by atoms with Crippen molar-refractivity contribution in [2.24, 2.45) is 7.05 Å². The van der Waals surface area contributed by atoms with Gasteiger partial charge in [-0.05, 0) is 43.7 Å². The minimum absolute atomic E-state index is 0.191. The van der Waals surface area contributed by atoms with Crippen LogP contribution in [0.25, 0.3) is 10.9 Å². The lowest BCUT2D eigenvalue weighted by atomic mass is 9.89. The Balaban J connectivity index is 0.000000156. The van der Waals surface area contributed by atoms with Crippen LogP contribution in [0, 0.1) is 6.92 Å². The average Bonchev–Trinajstić information content (AvgIpc) is 3.27. The number of nitrogens with zero attached hydrogens (tertiary/aromatic N) is 1. The largest absolute Gasteiger partial charge is 0.348 e. The van der Waals surface area contributed by atoms with E-state index in [2.05, 4.69) is 27.3 Å². The van der Waals surface area contributed by atoms with Crippen LogP contribution in [0.4, 0.5) is 0 Å². The molecule has 3 aromatic rings. The molecule has 2 aromatic carbocycles. The van der Waals surface area contributed by atoms with Gasteiger partial charge in [-0.1, -0.05) is 53.5 Å². The van der Waals surface area contributed by atoms with Gasteiger partial charge in [0.2, 0.25) is 6.41 Å². The maximum Gasteiger partial charge on any atom is 0.207 e. The van der Waals surface area contributed by atoms with E-state index in [1.54, 1.807) is 0 Å². The van der Waals surface area contributed by atoms with Crippen molar-refractivity contribution >= 4 is 40.5 Å². The van der Waals surface area contributed by atoms with Crippen LogP contribution in [0.15, 0.2) is 48.5 Å². The molecule has 1 atom stereocenters. The van der Waals surface area contributed by atoms with Crippen molar-refractivity contribution in [3.8, 4) is 0 Å².